The zero-order valence-corrected chi connectivity index (χ0v) is 14.7. The third-order valence-electron chi connectivity index (χ3n) is 4.80. The van der Waals surface area contributed by atoms with Gasteiger partial charge in [-0.3, -0.25) is 4.79 Å². The van der Waals surface area contributed by atoms with Crippen LogP contribution >= 0.6 is 0 Å². The van der Waals surface area contributed by atoms with Crippen molar-refractivity contribution in [3.05, 3.63) is 71.8 Å². The Labute approximate surface area is 149 Å². The molecule has 25 heavy (non-hydrogen) atoms. The van der Waals surface area contributed by atoms with Gasteiger partial charge in [0.05, 0.1) is 12.0 Å². The summed E-state index contributed by atoms with van der Waals surface area (Å²) in [5, 5.41) is 20.2. The summed E-state index contributed by atoms with van der Waals surface area (Å²) < 4.78 is 0. The third kappa shape index (κ3) is 4.09. The summed E-state index contributed by atoms with van der Waals surface area (Å²) in [6, 6.07) is 21.0. The number of rotatable bonds is 9. The van der Waals surface area contributed by atoms with Crippen LogP contribution < -0.4 is 0 Å². The molecular weight excluding hydrogens is 310 g/mol. The van der Waals surface area contributed by atoms with Gasteiger partial charge in [-0.25, -0.2) is 0 Å². The van der Waals surface area contributed by atoms with E-state index in [1.165, 1.54) is 0 Å². The minimum atomic E-state index is -1.18. The van der Waals surface area contributed by atoms with Crippen LogP contribution in [0.2, 0.25) is 0 Å². The molecule has 0 aliphatic rings. The topological polar surface area (TPSA) is 61.1 Å². The van der Waals surface area contributed by atoms with Gasteiger partial charge in [-0.05, 0) is 17.5 Å². The van der Waals surface area contributed by atoms with E-state index < -0.39 is 17.3 Å². The first-order chi connectivity index (χ1) is 12.2. The van der Waals surface area contributed by atoms with Crippen LogP contribution in [0.4, 0.5) is 0 Å². The molecular formula is C22H25NO2. The van der Waals surface area contributed by atoms with Crippen molar-refractivity contribution in [1.82, 2.24) is 0 Å². The van der Waals surface area contributed by atoms with Gasteiger partial charge in [0, 0.05) is 0 Å². The summed E-state index contributed by atoms with van der Waals surface area (Å²) >= 11 is 0. The predicted octanol–water partition coefficient (Wildman–Crippen LogP) is 5.17. The zero-order valence-electron chi connectivity index (χ0n) is 14.7. The average Bonchev–Trinajstić information content (AvgIpc) is 2.66. The number of hydrogen-bond donors (Lipinski definition) is 1. The first kappa shape index (κ1) is 18.7. The Kier molecular flexibility index (Phi) is 6.77. The van der Waals surface area contributed by atoms with E-state index in [0.717, 1.165) is 36.8 Å². The van der Waals surface area contributed by atoms with Crippen LogP contribution in [0.3, 0.4) is 0 Å². The molecule has 0 bridgehead atoms. The smallest absolute Gasteiger partial charge is 0.308 e. The fourth-order valence-corrected chi connectivity index (χ4v) is 3.48. The van der Waals surface area contributed by atoms with E-state index in [0.29, 0.717) is 6.42 Å². The van der Waals surface area contributed by atoms with Crippen molar-refractivity contribution in [3.8, 4) is 6.07 Å². The van der Waals surface area contributed by atoms with E-state index in [1.807, 2.05) is 60.7 Å². The van der Waals surface area contributed by atoms with Crippen molar-refractivity contribution in [3.63, 3.8) is 0 Å². The van der Waals surface area contributed by atoms with Crippen LogP contribution in [0.25, 0.3) is 0 Å². The van der Waals surface area contributed by atoms with Crippen molar-refractivity contribution in [1.29, 1.82) is 5.26 Å². The molecule has 0 fully saturated rings. The van der Waals surface area contributed by atoms with E-state index in [-0.39, 0.29) is 0 Å². The molecule has 1 unspecified atom stereocenters. The van der Waals surface area contributed by atoms with Crippen LogP contribution in [0.1, 0.15) is 50.2 Å². The molecule has 130 valence electrons. The highest BCUT2D eigenvalue weighted by Crippen LogP contribution is 2.41. The van der Waals surface area contributed by atoms with Gasteiger partial charge in [-0.1, -0.05) is 93.3 Å². The van der Waals surface area contributed by atoms with Gasteiger partial charge < -0.3 is 5.11 Å². The lowest BCUT2D eigenvalue weighted by atomic mass is 9.65. The summed E-state index contributed by atoms with van der Waals surface area (Å²) in [6.07, 6.45) is 4.48. The van der Waals surface area contributed by atoms with Crippen LogP contribution in [-0.2, 0) is 10.2 Å². The van der Waals surface area contributed by atoms with E-state index in [4.69, 9.17) is 0 Å². The van der Waals surface area contributed by atoms with Gasteiger partial charge >= 0.3 is 5.97 Å². The fraction of sp³-hybridized carbons (Fsp3) is 0.364. The highest BCUT2D eigenvalue weighted by Gasteiger charge is 2.46. The monoisotopic (exact) mass is 335 g/mol. The normalized spacial score (nSPS) is 12.3. The maximum Gasteiger partial charge on any atom is 0.308 e. The fourth-order valence-electron chi connectivity index (χ4n) is 3.48. The summed E-state index contributed by atoms with van der Waals surface area (Å²) in [5.74, 6) is -1.69. The number of hydrogen-bond acceptors (Lipinski definition) is 2. The molecule has 0 heterocycles. The van der Waals surface area contributed by atoms with Crippen molar-refractivity contribution in [2.24, 2.45) is 5.92 Å². The first-order valence-corrected chi connectivity index (χ1v) is 8.92. The van der Waals surface area contributed by atoms with Crippen LogP contribution in [0.5, 0.6) is 0 Å². The van der Waals surface area contributed by atoms with E-state index >= 15 is 0 Å². The number of nitrogens with zero attached hydrogens (tertiary/aromatic N) is 1. The van der Waals surface area contributed by atoms with Crippen LogP contribution in [0.15, 0.2) is 60.7 Å². The van der Waals surface area contributed by atoms with Gasteiger partial charge in [-0.15, -0.1) is 0 Å². The van der Waals surface area contributed by atoms with Gasteiger partial charge in [0.15, 0.2) is 0 Å². The highest BCUT2D eigenvalue weighted by molar-refractivity contribution is 5.75. The quantitative estimate of drug-likeness (QED) is 0.643. The number of benzene rings is 2. The molecule has 0 saturated heterocycles. The largest absolute Gasteiger partial charge is 0.481 e. The second kappa shape index (κ2) is 9.03. The number of unbranched alkanes of at least 4 members (excludes halogenated alkanes) is 3. The molecule has 0 saturated carbocycles. The molecule has 0 spiro atoms. The number of nitriles is 1. The standard InChI is InChI=1S/C22H25NO2/c1-2-3-4-11-16-20(21(24)25)22(17-23,18-12-7-5-8-13-18)19-14-9-6-10-15-19/h5-10,12-15,20H,2-4,11,16H2,1H3,(H,24,25). The van der Waals surface area contributed by atoms with Gasteiger partial charge in [0.25, 0.3) is 0 Å². The molecule has 3 nitrogen and oxygen atoms in total. The molecule has 2 aromatic rings. The van der Waals surface area contributed by atoms with Gasteiger partial charge in [-0.2, -0.15) is 5.26 Å². The lowest BCUT2D eigenvalue weighted by Crippen LogP contribution is -2.40. The predicted molar refractivity (Wildman–Crippen MR) is 99.2 cm³/mol. The molecule has 0 aliphatic carbocycles. The van der Waals surface area contributed by atoms with Gasteiger partial charge in [0.2, 0.25) is 0 Å². The number of carboxylic acid groups (broad SMARTS) is 1. The third-order valence-corrected chi connectivity index (χ3v) is 4.80. The lowest BCUT2D eigenvalue weighted by Gasteiger charge is -2.34. The Morgan fingerprint density at radius 1 is 1.00 bits per heavy atom. The maximum atomic E-state index is 12.2. The van der Waals surface area contributed by atoms with Crippen molar-refractivity contribution < 1.29 is 9.90 Å². The molecule has 0 aromatic heterocycles. The Bertz CT molecular complexity index is 664. The number of carbonyl (C=O) groups is 1. The Morgan fingerprint density at radius 3 is 1.92 bits per heavy atom. The Morgan fingerprint density at radius 2 is 1.52 bits per heavy atom. The minimum absolute atomic E-state index is 0.493. The summed E-state index contributed by atoms with van der Waals surface area (Å²) in [6.45, 7) is 2.13. The highest BCUT2D eigenvalue weighted by atomic mass is 16.4. The van der Waals surface area contributed by atoms with Gasteiger partial charge in [0.1, 0.15) is 5.41 Å². The second-order valence-electron chi connectivity index (χ2n) is 6.39. The summed E-state index contributed by atoms with van der Waals surface area (Å²) in [4.78, 5) is 12.2. The lowest BCUT2D eigenvalue weighted by molar-refractivity contribution is -0.143. The molecule has 0 amide bonds. The van der Waals surface area contributed by atoms with E-state index in [1.54, 1.807) is 0 Å². The molecule has 3 heteroatoms. The molecule has 2 aromatic carbocycles. The maximum absolute atomic E-state index is 12.2. The van der Waals surface area contributed by atoms with E-state index in [2.05, 4.69) is 13.0 Å². The number of carboxylic acids is 1. The minimum Gasteiger partial charge on any atom is -0.481 e. The molecule has 0 radical (unpaired) electrons. The SMILES string of the molecule is CCCCCCC(C(=O)O)C(C#N)(c1ccccc1)c1ccccc1. The van der Waals surface area contributed by atoms with Crippen molar-refractivity contribution in [2.45, 2.75) is 44.4 Å². The Balaban J connectivity index is 2.52. The molecule has 2 rings (SSSR count). The summed E-state index contributed by atoms with van der Waals surface area (Å²) in [7, 11) is 0. The molecule has 1 N–H and O–H groups in total. The van der Waals surface area contributed by atoms with Crippen LogP contribution in [0, 0.1) is 17.2 Å². The Hall–Kier alpha value is -2.60. The number of aliphatic carboxylic acids is 1. The van der Waals surface area contributed by atoms with E-state index in [9.17, 15) is 15.2 Å². The molecule has 0 aliphatic heterocycles. The average molecular weight is 335 g/mol. The molecule has 1 atom stereocenters. The van der Waals surface area contributed by atoms with Crippen molar-refractivity contribution >= 4 is 5.97 Å². The second-order valence-corrected chi connectivity index (χ2v) is 6.39. The zero-order chi connectivity index (χ0) is 18.1. The first-order valence-electron chi connectivity index (χ1n) is 8.92. The van der Waals surface area contributed by atoms with Crippen LogP contribution in [-0.4, -0.2) is 11.1 Å². The summed E-state index contributed by atoms with van der Waals surface area (Å²) in [5.41, 5.74) is 0.304. The van der Waals surface area contributed by atoms with Crippen molar-refractivity contribution in [2.75, 3.05) is 0 Å².